The third-order valence-corrected chi connectivity index (χ3v) is 6.58. The van der Waals surface area contributed by atoms with Crippen molar-refractivity contribution in [3.8, 4) is 5.75 Å². The molecule has 166 valence electrons. The molecule has 0 saturated carbocycles. The third kappa shape index (κ3) is 4.33. The van der Waals surface area contributed by atoms with Gasteiger partial charge in [-0.05, 0) is 47.9 Å². The maximum atomic E-state index is 12.5. The molecule has 0 radical (unpaired) electrons. The van der Waals surface area contributed by atoms with Crippen molar-refractivity contribution in [2.75, 3.05) is 17.3 Å². The van der Waals surface area contributed by atoms with Gasteiger partial charge in [0.1, 0.15) is 5.75 Å². The summed E-state index contributed by atoms with van der Waals surface area (Å²) in [5.74, 6) is 0.503. The predicted molar refractivity (Wildman–Crippen MR) is 133 cm³/mol. The molecule has 4 rings (SSSR count). The monoisotopic (exact) mass is 466 g/mol. The molecule has 0 spiro atoms. The summed E-state index contributed by atoms with van der Waals surface area (Å²) in [4.78, 5) is 20.3. The number of hydrogen-bond donors (Lipinski definition) is 2. The second kappa shape index (κ2) is 8.88. The highest BCUT2D eigenvalue weighted by Gasteiger charge is 2.41. The van der Waals surface area contributed by atoms with Gasteiger partial charge in [-0.3, -0.25) is 9.78 Å². The number of ether oxygens (including phenoxy) is 1. The summed E-state index contributed by atoms with van der Waals surface area (Å²) in [6, 6.07) is 15.6. The number of benzene rings is 1. The Bertz CT molecular complexity index is 1110. The Kier molecular flexibility index (Phi) is 6.17. The largest absolute Gasteiger partial charge is 0.494 e. The van der Waals surface area contributed by atoms with Crippen LogP contribution in [0.2, 0.25) is 0 Å². The first-order valence-electron chi connectivity index (χ1n) is 10.3. The van der Waals surface area contributed by atoms with Gasteiger partial charge in [0.15, 0.2) is 5.11 Å². The molecule has 1 aliphatic rings. The molecule has 3 heterocycles. The van der Waals surface area contributed by atoms with Gasteiger partial charge in [-0.25, -0.2) is 0 Å². The number of thiophene rings is 1. The predicted octanol–water partition coefficient (Wildman–Crippen LogP) is 5.31. The number of carbonyl (C=O) groups is 1. The maximum absolute atomic E-state index is 12.5. The van der Waals surface area contributed by atoms with Crippen LogP contribution in [0.4, 0.5) is 11.4 Å². The van der Waals surface area contributed by atoms with Crippen LogP contribution >= 0.6 is 23.6 Å². The molecule has 8 heteroatoms. The zero-order chi connectivity index (χ0) is 22.9. The van der Waals surface area contributed by atoms with Crippen LogP contribution in [-0.2, 0) is 4.79 Å². The molecule has 1 saturated heterocycles. The first-order valence-corrected chi connectivity index (χ1v) is 11.6. The molecule has 0 bridgehead atoms. The minimum atomic E-state index is -0.510. The van der Waals surface area contributed by atoms with E-state index in [1.54, 1.807) is 24.6 Å². The van der Waals surface area contributed by atoms with Gasteiger partial charge in [0.25, 0.3) is 0 Å². The molecule has 2 atom stereocenters. The number of amides is 1. The second-order valence-electron chi connectivity index (χ2n) is 8.60. The van der Waals surface area contributed by atoms with Crippen LogP contribution in [0, 0.1) is 5.41 Å². The maximum Gasteiger partial charge on any atom is 0.229 e. The molecule has 1 aromatic carbocycles. The average molecular weight is 467 g/mol. The van der Waals surface area contributed by atoms with Gasteiger partial charge in [-0.1, -0.05) is 32.9 Å². The highest BCUT2D eigenvalue weighted by molar-refractivity contribution is 7.80. The number of anilines is 2. The molecular weight excluding hydrogens is 440 g/mol. The van der Waals surface area contributed by atoms with E-state index in [9.17, 15) is 4.79 Å². The normalized spacial score (nSPS) is 18.4. The van der Waals surface area contributed by atoms with E-state index in [1.807, 2.05) is 63.2 Å². The van der Waals surface area contributed by atoms with Crippen molar-refractivity contribution >= 4 is 45.9 Å². The van der Waals surface area contributed by atoms with Crippen molar-refractivity contribution in [3.63, 3.8) is 0 Å². The first kappa shape index (κ1) is 22.2. The van der Waals surface area contributed by atoms with Crippen LogP contribution in [0.15, 0.2) is 60.1 Å². The fraction of sp³-hybridized carbons (Fsp3) is 0.292. The van der Waals surface area contributed by atoms with Crippen molar-refractivity contribution < 1.29 is 9.53 Å². The number of thiocarbonyl (C=S) groups is 1. The number of hydrogen-bond acceptors (Lipinski definition) is 5. The summed E-state index contributed by atoms with van der Waals surface area (Å²) in [6.07, 6.45) is 1.80. The number of pyridine rings is 1. The Labute approximate surface area is 197 Å². The molecular formula is C24H26N4O2S2. The van der Waals surface area contributed by atoms with Crippen LogP contribution in [0.3, 0.4) is 0 Å². The lowest BCUT2D eigenvalue weighted by atomic mass is 9.95. The highest BCUT2D eigenvalue weighted by atomic mass is 32.1. The van der Waals surface area contributed by atoms with E-state index in [2.05, 4.69) is 32.0 Å². The molecule has 1 aliphatic heterocycles. The lowest BCUT2D eigenvalue weighted by Crippen LogP contribution is -2.29. The fourth-order valence-corrected chi connectivity index (χ4v) is 4.82. The Hall–Kier alpha value is -2.97. The summed E-state index contributed by atoms with van der Waals surface area (Å²) in [5, 5.41) is 9.10. The highest BCUT2D eigenvalue weighted by Crippen LogP contribution is 2.44. The first-order chi connectivity index (χ1) is 15.3. The summed E-state index contributed by atoms with van der Waals surface area (Å²) < 4.78 is 5.62. The Morgan fingerprint density at radius 2 is 2.03 bits per heavy atom. The van der Waals surface area contributed by atoms with Crippen LogP contribution in [-0.4, -0.2) is 23.1 Å². The van der Waals surface area contributed by atoms with E-state index in [1.165, 1.54) is 4.88 Å². The van der Waals surface area contributed by atoms with Crippen molar-refractivity contribution in [2.45, 2.75) is 32.9 Å². The summed E-state index contributed by atoms with van der Waals surface area (Å²) in [6.45, 7) is 5.63. The average Bonchev–Trinajstić information content (AvgIpc) is 3.41. The van der Waals surface area contributed by atoms with E-state index < -0.39 is 5.41 Å². The number of rotatable bonds is 5. The Morgan fingerprint density at radius 1 is 1.22 bits per heavy atom. The summed E-state index contributed by atoms with van der Waals surface area (Å²) >= 11 is 7.45. The van der Waals surface area contributed by atoms with Gasteiger partial charge in [0.2, 0.25) is 5.91 Å². The zero-order valence-electron chi connectivity index (χ0n) is 18.5. The molecule has 6 nitrogen and oxygen atoms in total. The van der Waals surface area contributed by atoms with Crippen molar-refractivity contribution in [1.29, 1.82) is 0 Å². The number of aromatic nitrogens is 1. The summed E-state index contributed by atoms with van der Waals surface area (Å²) in [7, 11) is 1.60. The molecule has 0 aliphatic carbocycles. The second-order valence-corrected chi connectivity index (χ2v) is 9.97. The molecule has 1 fully saturated rings. The SMILES string of the molecule is COc1cc(N2C(=S)NC(c3ccccn3)C2c2cccs2)ccc1NC(=O)C(C)(C)C. The molecule has 2 N–H and O–H groups in total. The van der Waals surface area contributed by atoms with Crippen LogP contribution < -0.4 is 20.3 Å². The van der Waals surface area contributed by atoms with Crippen molar-refractivity contribution in [2.24, 2.45) is 5.41 Å². The quantitative estimate of drug-likeness (QED) is 0.497. The molecule has 3 aromatic rings. The van der Waals surface area contributed by atoms with Crippen molar-refractivity contribution in [3.05, 3.63) is 70.7 Å². The van der Waals surface area contributed by atoms with Gasteiger partial charge < -0.3 is 20.3 Å². The smallest absolute Gasteiger partial charge is 0.229 e. The number of carbonyl (C=O) groups excluding carboxylic acids is 1. The molecule has 2 unspecified atom stereocenters. The van der Waals surface area contributed by atoms with Gasteiger partial charge in [-0.2, -0.15) is 0 Å². The minimum absolute atomic E-state index is 0.0582. The Balaban J connectivity index is 1.72. The van der Waals surface area contributed by atoms with E-state index >= 15 is 0 Å². The molecule has 32 heavy (non-hydrogen) atoms. The van der Waals surface area contributed by atoms with E-state index in [0.717, 1.165) is 11.4 Å². The zero-order valence-corrected chi connectivity index (χ0v) is 20.1. The van der Waals surface area contributed by atoms with Gasteiger partial charge in [0.05, 0.1) is 30.6 Å². The molecule has 1 amide bonds. The van der Waals surface area contributed by atoms with Crippen LogP contribution in [0.25, 0.3) is 0 Å². The molecule has 2 aromatic heterocycles. The van der Waals surface area contributed by atoms with Crippen LogP contribution in [0.1, 0.15) is 43.4 Å². The number of nitrogens with zero attached hydrogens (tertiary/aromatic N) is 2. The minimum Gasteiger partial charge on any atom is -0.494 e. The van der Waals surface area contributed by atoms with E-state index in [-0.39, 0.29) is 18.0 Å². The van der Waals surface area contributed by atoms with E-state index in [4.69, 9.17) is 17.0 Å². The lowest BCUT2D eigenvalue weighted by Gasteiger charge is -2.27. The van der Waals surface area contributed by atoms with Gasteiger partial charge >= 0.3 is 0 Å². The van der Waals surface area contributed by atoms with Crippen LogP contribution in [0.5, 0.6) is 5.75 Å². The number of methoxy groups -OCH3 is 1. The van der Waals surface area contributed by atoms with Crippen molar-refractivity contribution in [1.82, 2.24) is 10.3 Å². The number of nitrogens with one attached hydrogen (secondary N) is 2. The Morgan fingerprint density at radius 3 is 2.66 bits per heavy atom. The third-order valence-electron chi connectivity index (χ3n) is 5.33. The summed E-state index contributed by atoms with van der Waals surface area (Å²) in [5.41, 5.74) is 1.93. The lowest BCUT2D eigenvalue weighted by molar-refractivity contribution is -0.123. The topological polar surface area (TPSA) is 66.5 Å². The van der Waals surface area contributed by atoms with E-state index in [0.29, 0.717) is 16.5 Å². The standard InChI is InChI=1S/C24H26N4O2S2/c1-24(2,3)22(29)26-16-11-10-15(14-18(16)30-4)28-21(19-9-7-13-32-19)20(27-23(28)31)17-8-5-6-12-25-17/h5-14,20-21H,1-4H3,(H,26,29)(H,27,31). The fourth-order valence-electron chi connectivity index (χ4n) is 3.62. The van der Waals surface area contributed by atoms with Gasteiger partial charge in [0, 0.05) is 28.2 Å². The van der Waals surface area contributed by atoms with Gasteiger partial charge in [-0.15, -0.1) is 11.3 Å².